The lowest BCUT2D eigenvalue weighted by atomic mass is 10.1. The minimum absolute atomic E-state index is 0.193. The Bertz CT molecular complexity index is 1240. The Balaban J connectivity index is 1.58. The summed E-state index contributed by atoms with van der Waals surface area (Å²) in [5.74, 6) is -0.193. The van der Waals surface area contributed by atoms with Crippen LogP contribution in [-0.4, -0.2) is 67.0 Å². The Labute approximate surface area is 210 Å². The molecule has 1 fully saturated rings. The van der Waals surface area contributed by atoms with Gasteiger partial charge in [-0.05, 0) is 62.1 Å². The zero-order valence-corrected chi connectivity index (χ0v) is 21.0. The quantitative estimate of drug-likeness (QED) is 0.480. The van der Waals surface area contributed by atoms with Gasteiger partial charge in [-0.2, -0.15) is 13.2 Å². The molecule has 1 amide bonds. The summed E-state index contributed by atoms with van der Waals surface area (Å²) in [7, 11) is 4.14. The number of nitrogens with one attached hydrogen (secondary N) is 1. The highest BCUT2D eigenvalue weighted by molar-refractivity contribution is 9.10. The van der Waals surface area contributed by atoms with E-state index in [2.05, 4.69) is 50.1 Å². The summed E-state index contributed by atoms with van der Waals surface area (Å²) in [5, 5.41) is 3.79. The second-order valence-corrected chi connectivity index (χ2v) is 9.73. The van der Waals surface area contributed by atoms with E-state index in [9.17, 15) is 18.0 Å². The second kappa shape index (κ2) is 10.5. The first kappa shape index (κ1) is 25.3. The number of alkyl halides is 3. The fourth-order valence-electron chi connectivity index (χ4n) is 4.08. The number of amides is 1. The number of carbonyl (C=O) groups excluding carboxylic acids is 1. The average Bonchev–Trinajstić information content (AvgIpc) is 2.82. The first-order valence-electron chi connectivity index (χ1n) is 11.2. The van der Waals surface area contributed by atoms with Crippen molar-refractivity contribution in [3.63, 3.8) is 0 Å². The molecule has 1 saturated heterocycles. The number of pyridine rings is 1. The van der Waals surface area contributed by atoms with E-state index in [1.807, 2.05) is 18.2 Å². The zero-order chi connectivity index (χ0) is 25.2. The predicted molar refractivity (Wildman–Crippen MR) is 136 cm³/mol. The Kier molecular flexibility index (Phi) is 7.59. The number of fused-ring (bicyclic) bond motifs is 1. The Morgan fingerprint density at radius 1 is 1.11 bits per heavy atom. The van der Waals surface area contributed by atoms with Crippen molar-refractivity contribution in [3.8, 4) is 0 Å². The molecule has 1 atom stereocenters. The Morgan fingerprint density at radius 2 is 1.86 bits per heavy atom. The van der Waals surface area contributed by atoms with Gasteiger partial charge in [0.15, 0.2) is 0 Å². The Hall–Kier alpha value is -2.75. The van der Waals surface area contributed by atoms with Gasteiger partial charge in [-0.25, -0.2) is 4.98 Å². The lowest BCUT2D eigenvalue weighted by Gasteiger charge is -2.37. The molecule has 0 saturated carbocycles. The number of hydrogen-bond donors (Lipinski definition) is 1. The number of piperazine rings is 1. The van der Waals surface area contributed by atoms with Crippen LogP contribution in [0.3, 0.4) is 0 Å². The van der Waals surface area contributed by atoms with Crippen LogP contribution in [0, 0.1) is 0 Å². The number of likely N-dealkylation sites (N-methyl/N-ethyl adjacent to an activating group) is 2. The van der Waals surface area contributed by atoms with E-state index in [-0.39, 0.29) is 11.9 Å². The van der Waals surface area contributed by atoms with Gasteiger partial charge in [0.05, 0.1) is 22.3 Å². The molecule has 0 spiro atoms. The van der Waals surface area contributed by atoms with Gasteiger partial charge in [-0.15, -0.1) is 0 Å². The summed E-state index contributed by atoms with van der Waals surface area (Å²) < 4.78 is 39.3. The number of benzene rings is 2. The molecule has 5 nitrogen and oxygen atoms in total. The summed E-state index contributed by atoms with van der Waals surface area (Å²) in [4.78, 5) is 22.4. The number of aromatic nitrogens is 1. The lowest BCUT2D eigenvalue weighted by molar-refractivity contribution is -0.137. The zero-order valence-electron chi connectivity index (χ0n) is 19.4. The van der Waals surface area contributed by atoms with Crippen LogP contribution < -0.4 is 5.32 Å². The highest BCUT2D eigenvalue weighted by Crippen LogP contribution is 2.29. The molecule has 1 aliphatic rings. The highest BCUT2D eigenvalue weighted by atomic mass is 79.9. The van der Waals surface area contributed by atoms with Crippen molar-refractivity contribution >= 4 is 44.9 Å². The minimum atomic E-state index is -4.37. The van der Waals surface area contributed by atoms with Crippen LogP contribution in [0.4, 0.5) is 13.2 Å². The number of carbonyl (C=O) groups is 1. The van der Waals surface area contributed by atoms with E-state index in [1.54, 1.807) is 18.2 Å². The van der Waals surface area contributed by atoms with Crippen molar-refractivity contribution < 1.29 is 18.0 Å². The summed E-state index contributed by atoms with van der Waals surface area (Å²) in [6.45, 7) is 3.34. The summed E-state index contributed by atoms with van der Waals surface area (Å²) in [5.41, 5.74) is 1.60. The number of rotatable bonds is 5. The minimum Gasteiger partial charge on any atom is -0.350 e. The summed E-state index contributed by atoms with van der Waals surface area (Å²) in [6, 6.07) is 12.4. The van der Waals surface area contributed by atoms with E-state index < -0.39 is 11.7 Å². The third-order valence-electron chi connectivity index (χ3n) is 6.20. The molecule has 1 aromatic heterocycles. The van der Waals surface area contributed by atoms with E-state index in [0.717, 1.165) is 41.6 Å². The maximum Gasteiger partial charge on any atom is 0.416 e. The van der Waals surface area contributed by atoms with E-state index in [0.29, 0.717) is 28.9 Å². The summed E-state index contributed by atoms with van der Waals surface area (Å²) in [6.07, 6.45) is -0.993. The van der Waals surface area contributed by atoms with Crippen molar-refractivity contribution in [3.05, 3.63) is 75.4 Å². The van der Waals surface area contributed by atoms with Crippen molar-refractivity contribution in [2.75, 3.05) is 40.3 Å². The van der Waals surface area contributed by atoms with Gasteiger partial charge in [-0.3, -0.25) is 9.69 Å². The molecule has 0 aliphatic carbocycles. The van der Waals surface area contributed by atoms with E-state index in [1.165, 1.54) is 12.1 Å². The SMILES string of the molecule is CN1CCN(C)C(CNC(=O)c2cc(/C=C/c3ccc(C(F)(F)F)cc3)nc3ccc(Br)cc23)C1. The smallest absolute Gasteiger partial charge is 0.350 e. The van der Waals surface area contributed by atoms with E-state index >= 15 is 0 Å². The van der Waals surface area contributed by atoms with Crippen molar-refractivity contribution in [1.82, 2.24) is 20.1 Å². The maximum atomic E-state index is 13.2. The topological polar surface area (TPSA) is 48.5 Å². The molecular weight excluding hydrogens is 521 g/mol. The predicted octanol–water partition coefficient (Wildman–Crippen LogP) is 5.16. The number of hydrogen-bond acceptors (Lipinski definition) is 4. The van der Waals surface area contributed by atoms with Gasteiger partial charge in [0.25, 0.3) is 5.91 Å². The van der Waals surface area contributed by atoms with Gasteiger partial charge >= 0.3 is 6.18 Å². The van der Waals surface area contributed by atoms with Crippen LogP contribution in [0.1, 0.15) is 27.2 Å². The van der Waals surface area contributed by atoms with Crippen LogP contribution in [0.25, 0.3) is 23.1 Å². The Morgan fingerprint density at radius 3 is 2.57 bits per heavy atom. The molecule has 1 N–H and O–H groups in total. The molecule has 0 bridgehead atoms. The first-order chi connectivity index (χ1) is 16.6. The van der Waals surface area contributed by atoms with E-state index in [4.69, 9.17) is 0 Å². The lowest BCUT2D eigenvalue weighted by Crippen LogP contribution is -2.54. The van der Waals surface area contributed by atoms with Crippen molar-refractivity contribution in [2.24, 2.45) is 0 Å². The van der Waals surface area contributed by atoms with Crippen LogP contribution in [0.15, 0.2) is 53.0 Å². The van der Waals surface area contributed by atoms with Gasteiger partial charge in [0, 0.05) is 42.1 Å². The van der Waals surface area contributed by atoms with Gasteiger partial charge in [0.2, 0.25) is 0 Å². The van der Waals surface area contributed by atoms with Crippen LogP contribution >= 0.6 is 15.9 Å². The van der Waals surface area contributed by atoms with Crippen molar-refractivity contribution in [2.45, 2.75) is 12.2 Å². The molecule has 2 aromatic carbocycles. The number of halogens is 4. The van der Waals surface area contributed by atoms with Crippen LogP contribution in [-0.2, 0) is 6.18 Å². The van der Waals surface area contributed by atoms with Crippen LogP contribution in [0.2, 0.25) is 0 Å². The molecule has 35 heavy (non-hydrogen) atoms. The highest BCUT2D eigenvalue weighted by Gasteiger charge is 2.29. The van der Waals surface area contributed by atoms with Crippen LogP contribution in [0.5, 0.6) is 0 Å². The molecular formula is C26H26BrF3N4O. The molecule has 0 radical (unpaired) electrons. The van der Waals surface area contributed by atoms with Gasteiger partial charge in [0.1, 0.15) is 0 Å². The van der Waals surface area contributed by atoms with Gasteiger partial charge in [-0.1, -0.05) is 34.1 Å². The molecule has 2 heterocycles. The second-order valence-electron chi connectivity index (χ2n) is 8.82. The largest absolute Gasteiger partial charge is 0.416 e. The average molecular weight is 547 g/mol. The van der Waals surface area contributed by atoms with Crippen molar-refractivity contribution in [1.29, 1.82) is 0 Å². The monoisotopic (exact) mass is 546 g/mol. The summed E-state index contributed by atoms with van der Waals surface area (Å²) >= 11 is 3.47. The normalized spacial score (nSPS) is 17.8. The molecule has 1 aliphatic heterocycles. The fraction of sp³-hybridized carbons (Fsp3) is 0.308. The molecule has 9 heteroatoms. The number of nitrogens with zero attached hydrogens (tertiary/aromatic N) is 3. The third-order valence-corrected chi connectivity index (χ3v) is 6.69. The van der Waals surface area contributed by atoms with Gasteiger partial charge < -0.3 is 10.2 Å². The molecule has 184 valence electrons. The molecule has 1 unspecified atom stereocenters. The molecule has 4 rings (SSSR count). The fourth-order valence-corrected chi connectivity index (χ4v) is 4.45. The first-order valence-corrected chi connectivity index (χ1v) is 12.0. The standard InChI is InChI=1S/C26H26BrF3N4O/c1-33-11-12-34(2)21(16-33)15-31-25(35)23-14-20(32-24-10-8-19(27)13-22(23)24)9-5-17-3-6-18(7-4-17)26(28,29)30/h3-10,13-14,21H,11-12,15-16H2,1-2H3,(H,31,35)/b9-5+. The molecule has 3 aromatic rings. The maximum absolute atomic E-state index is 13.2. The third kappa shape index (κ3) is 6.28.